The van der Waals surface area contributed by atoms with Gasteiger partial charge in [0.2, 0.25) is 10.0 Å². The fourth-order valence-electron chi connectivity index (χ4n) is 2.20. The van der Waals surface area contributed by atoms with Gasteiger partial charge in [-0.05, 0) is 26.7 Å². The van der Waals surface area contributed by atoms with Crippen LogP contribution in [0.25, 0.3) is 0 Å². The summed E-state index contributed by atoms with van der Waals surface area (Å²) in [6.07, 6.45) is 2.38. The van der Waals surface area contributed by atoms with Crippen LogP contribution in [0.5, 0.6) is 0 Å². The lowest BCUT2D eigenvalue weighted by molar-refractivity contribution is 0.291. The van der Waals surface area contributed by atoms with Crippen molar-refractivity contribution in [3.05, 3.63) is 0 Å². The van der Waals surface area contributed by atoms with Crippen molar-refractivity contribution < 1.29 is 8.42 Å². The van der Waals surface area contributed by atoms with E-state index >= 15 is 0 Å². The van der Waals surface area contributed by atoms with Gasteiger partial charge in [0.25, 0.3) is 0 Å². The molecule has 0 radical (unpaired) electrons. The van der Waals surface area contributed by atoms with Gasteiger partial charge in [-0.3, -0.25) is 0 Å². The molecular formula is C10H22N2O2S. The Bertz CT molecular complexity index is 311. The first-order valence-corrected chi connectivity index (χ1v) is 7.16. The van der Waals surface area contributed by atoms with E-state index in [9.17, 15) is 8.42 Å². The zero-order valence-electron chi connectivity index (χ0n) is 9.86. The molecule has 1 rings (SSSR count). The lowest BCUT2D eigenvalue weighted by Crippen LogP contribution is -2.43. The van der Waals surface area contributed by atoms with Crippen LogP contribution >= 0.6 is 0 Å². The minimum atomic E-state index is -3.11. The summed E-state index contributed by atoms with van der Waals surface area (Å²) in [4.78, 5) is 0. The molecule has 0 aromatic rings. The van der Waals surface area contributed by atoms with Crippen LogP contribution in [0.1, 0.15) is 40.0 Å². The molecule has 0 aromatic heterocycles. The van der Waals surface area contributed by atoms with Crippen LogP contribution in [0.4, 0.5) is 0 Å². The third-order valence-corrected chi connectivity index (χ3v) is 5.05. The second-order valence-corrected chi connectivity index (χ2v) is 6.99. The topological polar surface area (TPSA) is 63.4 Å². The Hall–Kier alpha value is -0.130. The van der Waals surface area contributed by atoms with Crippen LogP contribution in [0, 0.1) is 0 Å². The van der Waals surface area contributed by atoms with Gasteiger partial charge in [-0.25, -0.2) is 8.42 Å². The number of hydrogen-bond donors (Lipinski definition) is 1. The van der Waals surface area contributed by atoms with Crippen molar-refractivity contribution in [1.82, 2.24) is 4.31 Å². The normalized spacial score (nSPS) is 27.1. The van der Waals surface area contributed by atoms with E-state index in [2.05, 4.69) is 0 Å². The largest absolute Gasteiger partial charge is 0.326 e. The second-order valence-electron chi connectivity index (χ2n) is 4.98. The number of hydrogen-bond acceptors (Lipinski definition) is 3. The Morgan fingerprint density at radius 1 is 1.47 bits per heavy atom. The molecule has 0 aliphatic carbocycles. The monoisotopic (exact) mass is 234 g/mol. The van der Waals surface area contributed by atoms with E-state index in [0.29, 0.717) is 6.54 Å². The molecule has 0 spiro atoms. The van der Waals surface area contributed by atoms with Gasteiger partial charge in [-0.15, -0.1) is 0 Å². The summed E-state index contributed by atoms with van der Waals surface area (Å²) in [5.41, 5.74) is 5.51. The van der Waals surface area contributed by atoms with Crippen molar-refractivity contribution in [2.45, 2.75) is 51.6 Å². The molecule has 90 valence electrons. The smallest absolute Gasteiger partial charge is 0.214 e. The number of rotatable bonds is 4. The molecule has 4 nitrogen and oxygen atoms in total. The maximum Gasteiger partial charge on any atom is 0.214 e. The van der Waals surface area contributed by atoms with Crippen LogP contribution in [0.2, 0.25) is 0 Å². The molecule has 1 unspecified atom stereocenters. The molecule has 1 fully saturated rings. The molecule has 0 saturated carbocycles. The molecule has 1 atom stereocenters. The average molecular weight is 234 g/mol. The van der Waals surface area contributed by atoms with Crippen molar-refractivity contribution in [2.24, 2.45) is 5.73 Å². The third kappa shape index (κ3) is 2.92. The molecule has 0 bridgehead atoms. The molecule has 0 amide bonds. The van der Waals surface area contributed by atoms with E-state index in [1.54, 1.807) is 4.31 Å². The van der Waals surface area contributed by atoms with E-state index in [1.165, 1.54) is 0 Å². The third-order valence-electron chi connectivity index (χ3n) is 2.93. The predicted octanol–water partition coefficient (Wildman–Crippen LogP) is 0.928. The van der Waals surface area contributed by atoms with E-state index in [-0.39, 0.29) is 17.3 Å². The molecule has 1 heterocycles. The van der Waals surface area contributed by atoms with E-state index in [1.807, 2.05) is 20.8 Å². The van der Waals surface area contributed by atoms with Crippen molar-refractivity contribution in [3.63, 3.8) is 0 Å². The maximum absolute atomic E-state index is 12.0. The fourth-order valence-corrected chi connectivity index (χ4v) is 4.32. The van der Waals surface area contributed by atoms with Crippen molar-refractivity contribution in [3.8, 4) is 0 Å². The molecule has 1 aliphatic rings. The Morgan fingerprint density at radius 3 is 2.47 bits per heavy atom. The highest BCUT2D eigenvalue weighted by molar-refractivity contribution is 7.89. The standard InChI is InChI=1S/C10H22N2O2S/c1-4-5-6-15(13,14)12-8-9(11)7-10(12,2)3/h9H,4-8,11H2,1-3H3. The van der Waals surface area contributed by atoms with Crippen LogP contribution in [-0.4, -0.2) is 36.6 Å². The maximum atomic E-state index is 12.0. The Morgan fingerprint density at radius 2 is 2.07 bits per heavy atom. The van der Waals surface area contributed by atoms with E-state index in [4.69, 9.17) is 5.73 Å². The Balaban J connectivity index is 2.79. The minimum absolute atomic E-state index is 0.0172. The SMILES string of the molecule is CCCCS(=O)(=O)N1CC(N)CC1(C)C. The van der Waals surface area contributed by atoms with Gasteiger partial charge in [0.15, 0.2) is 0 Å². The first-order valence-electron chi connectivity index (χ1n) is 5.55. The molecule has 2 N–H and O–H groups in total. The van der Waals surface area contributed by atoms with Crippen LogP contribution in [0.3, 0.4) is 0 Å². The zero-order chi connectivity index (χ0) is 11.7. The summed E-state index contributed by atoms with van der Waals surface area (Å²) >= 11 is 0. The number of sulfonamides is 1. The van der Waals surface area contributed by atoms with Gasteiger partial charge < -0.3 is 5.73 Å². The Kier molecular flexibility index (Phi) is 3.79. The number of unbranched alkanes of at least 4 members (excludes halogenated alkanes) is 1. The summed E-state index contributed by atoms with van der Waals surface area (Å²) in [5, 5.41) is 0. The summed E-state index contributed by atoms with van der Waals surface area (Å²) in [7, 11) is -3.11. The lowest BCUT2D eigenvalue weighted by Gasteiger charge is -2.30. The van der Waals surface area contributed by atoms with Gasteiger partial charge in [-0.1, -0.05) is 13.3 Å². The van der Waals surface area contributed by atoms with Crippen molar-refractivity contribution in [1.29, 1.82) is 0 Å². The molecule has 15 heavy (non-hydrogen) atoms. The number of nitrogens with two attached hydrogens (primary N) is 1. The number of nitrogens with zero attached hydrogens (tertiary/aromatic N) is 1. The summed E-state index contributed by atoms with van der Waals surface area (Å²) in [5.74, 6) is 0.250. The van der Waals surface area contributed by atoms with Gasteiger partial charge >= 0.3 is 0 Å². The van der Waals surface area contributed by atoms with Gasteiger partial charge in [0.1, 0.15) is 0 Å². The minimum Gasteiger partial charge on any atom is -0.326 e. The molecular weight excluding hydrogens is 212 g/mol. The highest BCUT2D eigenvalue weighted by Gasteiger charge is 2.43. The first kappa shape index (κ1) is 12.9. The summed E-state index contributed by atoms with van der Waals surface area (Å²) in [6.45, 7) is 6.36. The van der Waals surface area contributed by atoms with Gasteiger partial charge in [0.05, 0.1) is 5.75 Å². The highest BCUT2D eigenvalue weighted by atomic mass is 32.2. The summed E-state index contributed by atoms with van der Waals surface area (Å²) in [6, 6.07) is -0.0172. The van der Waals surface area contributed by atoms with Crippen LogP contribution in [-0.2, 0) is 10.0 Å². The van der Waals surface area contributed by atoms with E-state index in [0.717, 1.165) is 19.3 Å². The van der Waals surface area contributed by atoms with Gasteiger partial charge in [-0.2, -0.15) is 4.31 Å². The van der Waals surface area contributed by atoms with Crippen molar-refractivity contribution >= 4 is 10.0 Å². The molecule has 0 aromatic carbocycles. The van der Waals surface area contributed by atoms with E-state index < -0.39 is 10.0 Å². The summed E-state index contributed by atoms with van der Waals surface area (Å²) < 4.78 is 25.6. The predicted molar refractivity (Wildman–Crippen MR) is 62.1 cm³/mol. The van der Waals surface area contributed by atoms with Crippen LogP contribution < -0.4 is 5.73 Å². The highest BCUT2D eigenvalue weighted by Crippen LogP contribution is 2.30. The average Bonchev–Trinajstić information content (AvgIpc) is 2.37. The quantitative estimate of drug-likeness (QED) is 0.787. The van der Waals surface area contributed by atoms with Crippen molar-refractivity contribution in [2.75, 3.05) is 12.3 Å². The molecule has 5 heteroatoms. The molecule has 1 saturated heterocycles. The second kappa shape index (κ2) is 4.39. The first-order chi connectivity index (χ1) is 6.79. The van der Waals surface area contributed by atoms with Crippen LogP contribution in [0.15, 0.2) is 0 Å². The molecule has 1 aliphatic heterocycles. The fraction of sp³-hybridized carbons (Fsp3) is 1.00. The van der Waals surface area contributed by atoms with Gasteiger partial charge in [0, 0.05) is 18.1 Å². The lowest BCUT2D eigenvalue weighted by atomic mass is 10.0. The zero-order valence-corrected chi connectivity index (χ0v) is 10.7. The Labute approximate surface area is 92.9 Å².